The molecule has 20 heavy (non-hydrogen) atoms. The van der Waals surface area contributed by atoms with Crippen molar-refractivity contribution in [2.24, 2.45) is 0 Å². The Morgan fingerprint density at radius 2 is 1.95 bits per heavy atom. The van der Waals surface area contributed by atoms with Gasteiger partial charge in [-0.1, -0.05) is 0 Å². The molecule has 0 aliphatic carbocycles. The first-order valence-corrected chi connectivity index (χ1v) is 6.76. The molecule has 0 radical (unpaired) electrons. The maximum Gasteiger partial charge on any atom is 0.239 e. The highest BCUT2D eigenvalue weighted by Crippen LogP contribution is 2.30. The summed E-state index contributed by atoms with van der Waals surface area (Å²) >= 11 is 0. The van der Waals surface area contributed by atoms with Crippen molar-refractivity contribution in [3.63, 3.8) is 0 Å². The van der Waals surface area contributed by atoms with Crippen LogP contribution in [0.15, 0.2) is 12.1 Å². The molecule has 0 saturated carbocycles. The van der Waals surface area contributed by atoms with Crippen LogP contribution in [0.5, 0.6) is 11.5 Å². The van der Waals surface area contributed by atoms with Gasteiger partial charge in [0.1, 0.15) is 0 Å². The average molecular weight is 278 g/mol. The van der Waals surface area contributed by atoms with Gasteiger partial charge < -0.3 is 19.7 Å². The van der Waals surface area contributed by atoms with Gasteiger partial charge in [-0.2, -0.15) is 0 Å². The fraction of sp³-hybridized carbons (Fsp3) is 0.533. The van der Waals surface area contributed by atoms with Gasteiger partial charge in [0.25, 0.3) is 0 Å². The molecular weight excluding hydrogens is 256 g/mol. The first-order chi connectivity index (χ1) is 9.56. The van der Waals surface area contributed by atoms with E-state index < -0.39 is 0 Å². The molecule has 5 nitrogen and oxygen atoms in total. The number of rotatable bonds is 5. The number of nitrogens with zero attached hydrogens (tertiary/aromatic N) is 1. The van der Waals surface area contributed by atoms with Crippen LogP contribution in [0, 0.1) is 6.92 Å². The van der Waals surface area contributed by atoms with Crippen LogP contribution in [-0.4, -0.2) is 44.7 Å². The molecule has 1 aromatic rings. The van der Waals surface area contributed by atoms with Crippen molar-refractivity contribution >= 4 is 5.91 Å². The molecule has 1 aliphatic rings. The van der Waals surface area contributed by atoms with Gasteiger partial charge in [-0.3, -0.25) is 4.79 Å². The van der Waals surface area contributed by atoms with Crippen molar-refractivity contribution in [1.82, 2.24) is 10.2 Å². The average Bonchev–Trinajstić information content (AvgIpc) is 2.77. The van der Waals surface area contributed by atoms with E-state index in [0.29, 0.717) is 12.3 Å². The Hall–Kier alpha value is -1.75. The third-order valence-electron chi connectivity index (χ3n) is 3.81. The molecule has 0 spiro atoms. The predicted octanol–water partition coefficient (Wildman–Crippen LogP) is 1.33. The minimum Gasteiger partial charge on any atom is -0.493 e. The first-order valence-electron chi connectivity index (χ1n) is 6.76. The number of hydrogen-bond donors (Lipinski definition) is 1. The Bertz CT molecular complexity index is 502. The third-order valence-corrected chi connectivity index (χ3v) is 3.81. The summed E-state index contributed by atoms with van der Waals surface area (Å²) in [5, 5.41) is 3.32. The molecule has 1 atom stereocenters. The third kappa shape index (κ3) is 2.88. The number of methoxy groups -OCH3 is 2. The van der Waals surface area contributed by atoms with Crippen LogP contribution in [0.25, 0.3) is 0 Å². The fourth-order valence-electron chi connectivity index (χ4n) is 2.46. The number of nitrogens with one attached hydrogen (secondary N) is 1. The Labute approximate surface area is 119 Å². The largest absolute Gasteiger partial charge is 0.493 e. The van der Waals surface area contributed by atoms with Crippen molar-refractivity contribution in [3.05, 3.63) is 23.3 Å². The van der Waals surface area contributed by atoms with Gasteiger partial charge in [0, 0.05) is 20.1 Å². The van der Waals surface area contributed by atoms with Crippen LogP contribution in [0.2, 0.25) is 0 Å². The van der Waals surface area contributed by atoms with E-state index in [0.717, 1.165) is 29.8 Å². The van der Waals surface area contributed by atoms with Crippen LogP contribution in [0.3, 0.4) is 0 Å². The van der Waals surface area contributed by atoms with Crippen LogP contribution >= 0.6 is 0 Å². The van der Waals surface area contributed by atoms with Crippen molar-refractivity contribution in [3.8, 4) is 11.5 Å². The lowest BCUT2D eigenvalue weighted by Gasteiger charge is -2.15. The number of carbonyl (C=O) groups is 1. The standard InChI is InChI=1S/C15H22N2O3/c1-10-7-13(19-3)14(20-4)8-11(10)9-16-12-5-6-17(2)15(12)18/h7-8,12,16H,5-6,9H2,1-4H3/t12-/m1/s1. The Balaban J connectivity index is 2.08. The van der Waals surface area contributed by atoms with Gasteiger partial charge in [0.15, 0.2) is 11.5 Å². The van der Waals surface area contributed by atoms with E-state index in [2.05, 4.69) is 5.32 Å². The molecule has 5 heteroatoms. The van der Waals surface area contributed by atoms with E-state index in [9.17, 15) is 4.79 Å². The van der Waals surface area contributed by atoms with E-state index >= 15 is 0 Å². The summed E-state index contributed by atoms with van der Waals surface area (Å²) in [4.78, 5) is 13.6. The van der Waals surface area contributed by atoms with Crippen LogP contribution < -0.4 is 14.8 Å². The quantitative estimate of drug-likeness (QED) is 0.883. The zero-order chi connectivity index (χ0) is 14.7. The number of benzene rings is 1. The van der Waals surface area contributed by atoms with Crippen molar-refractivity contribution in [2.45, 2.75) is 25.9 Å². The summed E-state index contributed by atoms with van der Waals surface area (Å²) in [5.41, 5.74) is 2.24. The molecule has 2 rings (SSSR count). The summed E-state index contributed by atoms with van der Waals surface area (Å²) in [7, 11) is 5.09. The van der Waals surface area contributed by atoms with Crippen LogP contribution in [0.4, 0.5) is 0 Å². The van der Waals surface area contributed by atoms with E-state index in [4.69, 9.17) is 9.47 Å². The molecule has 1 aromatic carbocycles. The summed E-state index contributed by atoms with van der Waals surface area (Å²) in [6, 6.07) is 3.84. The summed E-state index contributed by atoms with van der Waals surface area (Å²) in [6.45, 7) is 3.50. The minimum absolute atomic E-state index is 0.0764. The number of carbonyl (C=O) groups excluding carboxylic acids is 1. The van der Waals surface area contributed by atoms with Gasteiger partial charge in [-0.05, 0) is 36.6 Å². The van der Waals surface area contributed by atoms with E-state index in [1.54, 1.807) is 19.1 Å². The minimum atomic E-state index is -0.0764. The second kappa shape index (κ2) is 6.13. The molecule has 1 heterocycles. The molecule has 1 aliphatic heterocycles. The zero-order valence-electron chi connectivity index (χ0n) is 12.5. The molecule has 110 valence electrons. The van der Waals surface area contributed by atoms with Crippen LogP contribution in [-0.2, 0) is 11.3 Å². The van der Waals surface area contributed by atoms with Crippen molar-refractivity contribution in [1.29, 1.82) is 0 Å². The number of ether oxygens (including phenoxy) is 2. The summed E-state index contributed by atoms with van der Waals surface area (Å²) in [5.74, 6) is 1.61. The van der Waals surface area contributed by atoms with Gasteiger partial charge >= 0.3 is 0 Å². The monoisotopic (exact) mass is 278 g/mol. The predicted molar refractivity (Wildman–Crippen MR) is 77.2 cm³/mol. The zero-order valence-corrected chi connectivity index (χ0v) is 12.5. The van der Waals surface area contributed by atoms with E-state index in [1.165, 1.54) is 0 Å². The lowest BCUT2D eigenvalue weighted by Crippen LogP contribution is -2.36. The summed E-state index contributed by atoms with van der Waals surface area (Å²) < 4.78 is 10.6. The normalized spacial score (nSPS) is 18.5. The smallest absolute Gasteiger partial charge is 0.239 e. The number of hydrogen-bond acceptors (Lipinski definition) is 4. The molecule has 0 aromatic heterocycles. The Morgan fingerprint density at radius 3 is 2.50 bits per heavy atom. The van der Waals surface area contributed by atoms with E-state index in [-0.39, 0.29) is 11.9 Å². The molecule has 1 fully saturated rings. The van der Waals surface area contributed by atoms with Gasteiger partial charge in [0.05, 0.1) is 20.3 Å². The Morgan fingerprint density at radius 1 is 1.30 bits per heavy atom. The highest BCUT2D eigenvalue weighted by atomic mass is 16.5. The fourth-order valence-corrected chi connectivity index (χ4v) is 2.46. The molecule has 0 unspecified atom stereocenters. The second-order valence-electron chi connectivity index (χ2n) is 5.12. The molecule has 1 amide bonds. The van der Waals surface area contributed by atoms with Crippen molar-refractivity contribution in [2.75, 3.05) is 27.8 Å². The highest BCUT2D eigenvalue weighted by molar-refractivity contribution is 5.83. The first kappa shape index (κ1) is 14.7. The Kier molecular flexibility index (Phi) is 4.49. The van der Waals surface area contributed by atoms with Crippen molar-refractivity contribution < 1.29 is 14.3 Å². The number of amides is 1. The SMILES string of the molecule is COc1cc(C)c(CN[C@@H]2CCN(C)C2=O)cc1OC. The highest BCUT2D eigenvalue weighted by Gasteiger charge is 2.28. The lowest BCUT2D eigenvalue weighted by molar-refractivity contribution is -0.128. The van der Waals surface area contributed by atoms with E-state index in [1.807, 2.05) is 26.1 Å². The van der Waals surface area contributed by atoms with Gasteiger partial charge in [0.2, 0.25) is 5.91 Å². The molecule has 0 bridgehead atoms. The topological polar surface area (TPSA) is 50.8 Å². The van der Waals surface area contributed by atoms with Gasteiger partial charge in [-0.15, -0.1) is 0 Å². The summed E-state index contributed by atoms with van der Waals surface area (Å²) in [6.07, 6.45) is 0.863. The second-order valence-corrected chi connectivity index (χ2v) is 5.12. The number of likely N-dealkylation sites (tertiary alicyclic amines) is 1. The number of aryl methyl sites for hydroxylation is 1. The number of likely N-dealkylation sites (N-methyl/N-ethyl adjacent to an activating group) is 1. The maximum absolute atomic E-state index is 11.9. The molecular formula is C15H22N2O3. The lowest BCUT2D eigenvalue weighted by atomic mass is 10.1. The van der Waals surface area contributed by atoms with Gasteiger partial charge in [-0.25, -0.2) is 0 Å². The maximum atomic E-state index is 11.9. The molecule has 1 saturated heterocycles. The molecule has 1 N–H and O–H groups in total. The van der Waals surface area contributed by atoms with Crippen LogP contribution in [0.1, 0.15) is 17.5 Å².